The molecule has 0 saturated carbocycles. The number of anilines is 1. The van der Waals surface area contributed by atoms with E-state index in [4.69, 9.17) is 0 Å². The van der Waals surface area contributed by atoms with E-state index in [2.05, 4.69) is 20.4 Å². The van der Waals surface area contributed by atoms with Crippen LogP contribution in [-0.2, 0) is 0 Å². The van der Waals surface area contributed by atoms with E-state index in [1.54, 1.807) is 0 Å². The van der Waals surface area contributed by atoms with E-state index in [1.807, 2.05) is 0 Å². The molecule has 9 nitrogen and oxygen atoms in total. The van der Waals surface area contributed by atoms with Gasteiger partial charge >= 0.3 is 5.69 Å². The SMILES string of the molecule is Cc1cc(C(F)F)n2nc(C(=O)Nc3ccc(F)c([N+](=O)[O-])c3)nc2n1. The Morgan fingerprint density at radius 1 is 1.31 bits per heavy atom. The van der Waals surface area contributed by atoms with Gasteiger partial charge in [0.15, 0.2) is 0 Å². The lowest BCUT2D eigenvalue weighted by Crippen LogP contribution is -2.14. The van der Waals surface area contributed by atoms with E-state index in [9.17, 15) is 28.1 Å². The fourth-order valence-corrected chi connectivity index (χ4v) is 2.18. The second-order valence-electron chi connectivity index (χ2n) is 5.15. The van der Waals surface area contributed by atoms with Crippen molar-refractivity contribution in [3.63, 3.8) is 0 Å². The molecule has 1 amide bonds. The van der Waals surface area contributed by atoms with Crippen LogP contribution in [0.1, 0.15) is 28.4 Å². The minimum atomic E-state index is -2.86. The molecule has 0 atom stereocenters. The second-order valence-corrected chi connectivity index (χ2v) is 5.15. The minimum absolute atomic E-state index is 0.0832. The molecule has 12 heteroatoms. The third-order valence-corrected chi connectivity index (χ3v) is 3.30. The number of carbonyl (C=O) groups is 1. The molecule has 0 fully saturated rings. The number of hydrogen-bond donors (Lipinski definition) is 1. The first-order chi connectivity index (χ1) is 12.3. The summed E-state index contributed by atoms with van der Waals surface area (Å²) in [5, 5.41) is 16.7. The summed E-state index contributed by atoms with van der Waals surface area (Å²) in [5.41, 5.74) is -1.14. The third-order valence-electron chi connectivity index (χ3n) is 3.30. The van der Waals surface area contributed by atoms with E-state index >= 15 is 0 Å². The number of hydrogen-bond acceptors (Lipinski definition) is 6. The number of halogens is 3. The molecule has 1 aromatic carbocycles. The number of fused-ring (bicyclic) bond motifs is 1. The molecule has 1 N–H and O–H groups in total. The van der Waals surface area contributed by atoms with Gasteiger partial charge in [-0.15, -0.1) is 5.10 Å². The Morgan fingerprint density at radius 3 is 2.69 bits per heavy atom. The molecule has 26 heavy (non-hydrogen) atoms. The zero-order valence-corrected chi connectivity index (χ0v) is 13.0. The zero-order valence-electron chi connectivity index (χ0n) is 13.0. The van der Waals surface area contributed by atoms with Crippen molar-refractivity contribution in [1.82, 2.24) is 19.6 Å². The van der Waals surface area contributed by atoms with Gasteiger partial charge in [0, 0.05) is 17.4 Å². The number of nitrogens with zero attached hydrogens (tertiary/aromatic N) is 5. The molecule has 3 aromatic rings. The monoisotopic (exact) mass is 366 g/mol. The Bertz CT molecular complexity index is 1040. The highest BCUT2D eigenvalue weighted by Gasteiger charge is 2.21. The van der Waals surface area contributed by atoms with Gasteiger partial charge in [-0.1, -0.05) is 0 Å². The molecular weight excluding hydrogens is 357 g/mol. The fraction of sp³-hybridized carbons (Fsp3) is 0.143. The van der Waals surface area contributed by atoms with Crippen molar-refractivity contribution in [3.8, 4) is 0 Å². The van der Waals surface area contributed by atoms with Crippen LogP contribution in [0.3, 0.4) is 0 Å². The van der Waals surface area contributed by atoms with Gasteiger partial charge in [-0.05, 0) is 25.1 Å². The number of nitro groups is 1. The number of carbonyl (C=O) groups excluding carboxylic acids is 1. The maximum Gasteiger partial charge on any atom is 0.306 e. The molecule has 0 saturated heterocycles. The average Bonchev–Trinajstić information content (AvgIpc) is 2.99. The number of aryl methyl sites for hydroxylation is 1. The largest absolute Gasteiger partial charge is 0.319 e. The van der Waals surface area contributed by atoms with Crippen molar-refractivity contribution in [1.29, 1.82) is 0 Å². The Morgan fingerprint density at radius 2 is 2.04 bits per heavy atom. The predicted molar refractivity (Wildman–Crippen MR) is 81.5 cm³/mol. The van der Waals surface area contributed by atoms with Gasteiger partial charge < -0.3 is 5.32 Å². The van der Waals surface area contributed by atoms with Gasteiger partial charge in [-0.3, -0.25) is 14.9 Å². The smallest absolute Gasteiger partial charge is 0.306 e. The number of aromatic nitrogens is 4. The van der Waals surface area contributed by atoms with Crippen LogP contribution in [-0.4, -0.2) is 30.4 Å². The Hall–Kier alpha value is -3.57. The van der Waals surface area contributed by atoms with Crippen molar-refractivity contribution < 1.29 is 22.9 Å². The van der Waals surface area contributed by atoms with Crippen LogP contribution in [0.25, 0.3) is 5.78 Å². The predicted octanol–water partition coefficient (Wildman–Crippen LogP) is 2.67. The highest BCUT2D eigenvalue weighted by Crippen LogP contribution is 2.22. The molecule has 0 bridgehead atoms. The summed E-state index contributed by atoms with van der Waals surface area (Å²) >= 11 is 0. The summed E-state index contributed by atoms with van der Waals surface area (Å²) < 4.78 is 40.2. The summed E-state index contributed by atoms with van der Waals surface area (Å²) in [6, 6.07) is 3.83. The van der Waals surface area contributed by atoms with Crippen molar-refractivity contribution in [2.75, 3.05) is 5.32 Å². The number of rotatable bonds is 4. The maximum absolute atomic E-state index is 13.3. The van der Waals surface area contributed by atoms with Gasteiger partial charge in [0.2, 0.25) is 11.6 Å². The van der Waals surface area contributed by atoms with Crippen LogP contribution >= 0.6 is 0 Å². The van der Waals surface area contributed by atoms with Gasteiger partial charge in [0.1, 0.15) is 5.69 Å². The number of alkyl halides is 2. The first-order valence-corrected chi connectivity index (χ1v) is 7.04. The van der Waals surface area contributed by atoms with Crippen molar-refractivity contribution >= 4 is 23.1 Å². The molecule has 0 aliphatic carbocycles. The van der Waals surface area contributed by atoms with E-state index < -0.39 is 40.3 Å². The number of nitro benzene ring substituents is 1. The topological polar surface area (TPSA) is 115 Å². The standard InChI is InChI=1S/C14H9F3N6O3/c1-6-4-10(11(16)17)22-14(18-6)20-12(21-22)13(24)19-7-2-3-8(15)9(5-7)23(25)26/h2-5,11H,1H3,(H,19,24). The summed E-state index contributed by atoms with van der Waals surface area (Å²) in [4.78, 5) is 29.7. The molecule has 0 spiro atoms. The molecule has 0 aliphatic heterocycles. The molecule has 0 radical (unpaired) electrons. The number of nitrogens with one attached hydrogen (secondary N) is 1. The second kappa shape index (κ2) is 6.38. The molecule has 3 rings (SSSR count). The maximum atomic E-state index is 13.3. The molecule has 0 unspecified atom stereocenters. The third kappa shape index (κ3) is 3.16. The summed E-state index contributed by atoms with van der Waals surface area (Å²) in [5.74, 6) is -2.66. The Kier molecular flexibility index (Phi) is 4.24. The van der Waals surface area contributed by atoms with Crippen LogP contribution in [0.15, 0.2) is 24.3 Å². The highest BCUT2D eigenvalue weighted by molar-refractivity contribution is 6.01. The molecule has 0 aliphatic rings. The first kappa shape index (κ1) is 17.3. The Balaban J connectivity index is 1.95. The van der Waals surface area contributed by atoms with Gasteiger partial charge in [0.25, 0.3) is 18.1 Å². The average molecular weight is 366 g/mol. The van der Waals surface area contributed by atoms with Gasteiger partial charge in [0.05, 0.1) is 4.92 Å². The molecule has 134 valence electrons. The summed E-state index contributed by atoms with van der Waals surface area (Å²) in [6.07, 6.45) is -2.86. The van der Waals surface area contributed by atoms with Crippen molar-refractivity contribution in [3.05, 3.63) is 57.4 Å². The van der Waals surface area contributed by atoms with Gasteiger partial charge in [-0.2, -0.15) is 13.9 Å². The van der Waals surface area contributed by atoms with Crippen molar-refractivity contribution in [2.24, 2.45) is 0 Å². The van der Waals surface area contributed by atoms with E-state index in [1.165, 1.54) is 6.92 Å². The zero-order chi connectivity index (χ0) is 19.0. The fourth-order valence-electron chi connectivity index (χ4n) is 2.18. The summed E-state index contributed by atoms with van der Waals surface area (Å²) in [6.45, 7) is 1.48. The molecule has 2 aromatic heterocycles. The van der Waals surface area contributed by atoms with Crippen LogP contribution < -0.4 is 5.32 Å². The van der Waals surface area contributed by atoms with E-state index in [-0.39, 0.29) is 17.2 Å². The highest BCUT2D eigenvalue weighted by atomic mass is 19.3. The lowest BCUT2D eigenvalue weighted by molar-refractivity contribution is -0.387. The lowest BCUT2D eigenvalue weighted by atomic mass is 10.2. The minimum Gasteiger partial charge on any atom is -0.319 e. The normalized spacial score (nSPS) is 11.1. The van der Waals surface area contributed by atoms with E-state index in [0.29, 0.717) is 0 Å². The lowest BCUT2D eigenvalue weighted by Gasteiger charge is -2.03. The quantitative estimate of drug-likeness (QED) is 0.561. The number of benzene rings is 1. The van der Waals surface area contributed by atoms with Gasteiger partial charge in [-0.25, -0.2) is 13.8 Å². The summed E-state index contributed by atoms with van der Waals surface area (Å²) in [7, 11) is 0. The Labute approximate surface area is 142 Å². The first-order valence-electron chi connectivity index (χ1n) is 7.04. The molecular formula is C14H9F3N6O3. The van der Waals surface area contributed by atoms with Crippen LogP contribution in [0, 0.1) is 22.9 Å². The van der Waals surface area contributed by atoms with Crippen LogP contribution in [0.2, 0.25) is 0 Å². The van der Waals surface area contributed by atoms with Crippen molar-refractivity contribution in [2.45, 2.75) is 13.3 Å². The number of amides is 1. The van der Waals surface area contributed by atoms with Crippen LogP contribution in [0.5, 0.6) is 0 Å². The molecule has 2 heterocycles. The van der Waals surface area contributed by atoms with Crippen LogP contribution in [0.4, 0.5) is 24.5 Å². The van der Waals surface area contributed by atoms with E-state index in [0.717, 1.165) is 28.8 Å².